The molecule has 2 N–H and O–H groups in total. The van der Waals surface area contributed by atoms with Gasteiger partial charge in [0.25, 0.3) is 15.9 Å². The lowest BCUT2D eigenvalue weighted by Crippen LogP contribution is -2.32. The highest BCUT2D eigenvalue weighted by Crippen LogP contribution is 2.26. The molecule has 0 bridgehead atoms. The van der Waals surface area contributed by atoms with Gasteiger partial charge in [0.2, 0.25) is 5.95 Å². The van der Waals surface area contributed by atoms with Crippen molar-refractivity contribution < 1.29 is 22.6 Å². The van der Waals surface area contributed by atoms with Crippen molar-refractivity contribution >= 4 is 44.4 Å². The SMILES string of the molecule is Cc1ccnc(NS(=O)(=O)c2ccc(NC(=O)c3ccccc3SC(=O)CCCC[n+]3ccccc3)cc2)n1. The first-order valence-corrected chi connectivity index (χ1v) is 14.6. The van der Waals surface area contributed by atoms with E-state index < -0.39 is 15.9 Å². The fraction of sp³-hybridized carbons (Fsp3) is 0.179. The van der Waals surface area contributed by atoms with Crippen LogP contribution in [0.2, 0.25) is 0 Å². The first-order valence-electron chi connectivity index (χ1n) is 12.3. The van der Waals surface area contributed by atoms with Crippen LogP contribution in [0.15, 0.2) is 101 Å². The van der Waals surface area contributed by atoms with Crippen molar-refractivity contribution in [3.05, 3.63) is 103 Å². The number of unbranched alkanes of at least 4 members (excludes halogenated alkanes) is 1. The Bertz CT molecular complexity index is 1550. The minimum Gasteiger partial charge on any atom is -0.322 e. The zero-order chi connectivity index (χ0) is 27.7. The third-order valence-corrected chi connectivity index (χ3v) is 7.97. The minimum atomic E-state index is -3.90. The van der Waals surface area contributed by atoms with Gasteiger partial charge < -0.3 is 5.32 Å². The standard InChI is InChI=1S/C28H27N5O4S2/c1-21-16-17-29-28(30-21)32-39(36,37)23-14-12-22(13-15-23)31-27(35)24-9-3-4-10-25(24)38-26(34)11-5-8-20-33-18-6-2-7-19-33/h2-4,6-7,9-10,12-19H,5,8,11,20H2,1H3,(H-,29,30,31,32,35)/p+1. The van der Waals surface area contributed by atoms with E-state index in [0.29, 0.717) is 28.3 Å². The third-order valence-electron chi connectivity index (χ3n) is 5.62. The molecule has 4 rings (SSSR count). The third kappa shape index (κ3) is 8.20. The molecule has 11 heteroatoms. The van der Waals surface area contributed by atoms with Crippen molar-refractivity contribution in [3.8, 4) is 0 Å². The zero-order valence-corrected chi connectivity index (χ0v) is 22.9. The van der Waals surface area contributed by atoms with Crippen LogP contribution in [-0.2, 0) is 21.4 Å². The number of thioether (sulfide) groups is 1. The number of nitrogens with one attached hydrogen (secondary N) is 2. The number of carbonyl (C=O) groups is 2. The van der Waals surface area contributed by atoms with Crippen molar-refractivity contribution in [3.63, 3.8) is 0 Å². The summed E-state index contributed by atoms with van der Waals surface area (Å²) in [5.41, 5.74) is 1.41. The first kappa shape index (κ1) is 27.9. The lowest BCUT2D eigenvalue weighted by Gasteiger charge is -2.11. The van der Waals surface area contributed by atoms with E-state index >= 15 is 0 Å². The quantitative estimate of drug-likeness (QED) is 0.155. The molecule has 1 amide bonds. The second-order valence-electron chi connectivity index (χ2n) is 8.65. The summed E-state index contributed by atoms with van der Waals surface area (Å²) in [4.78, 5) is 34.1. The molecule has 200 valence electrons. The molecule has 2 aromatic heterocycles. The van der Waals surface area contributed by atoms with Gasteiger partial charge in [-0.3, -0.25) is 9.59 Å². The molecule has 0 unspecified atom stereocenters. The summed E-state index contributed by atoms with van der Waals surface area (Å²) in [7, 11) is -3.90. The maximum Gasteiger partial charge on any atom is 0.264 e. The molecule has 0 aliphatic carbocycles. The van der Waals surface area contributed by atoms with Crippen LogP contribution in [0.3, 0.4) is 0 Å². The molecular weight excluding hydrogens is 534 g/mol. The van der Waals surface area contributed by atoms with Crippen molar-refractivity contribution in [2.45, 2.75) is 42.5 Å². The Morgan fingerprint density at radius 3 is 2.41 bits per heavy atom. The number of benzene rings is 2. The fourth-order valence-corrected chi connectivity index (χ4v) is 5.52. The predicted molar refractivity (Wildman–Crippen MR) is 150 cm³/mol. The largest absolute Gasteiger partial charge is 0.322 e. The number of nitrogens with zero attached hydrogens (tertiary/aromatic N) is 3. The number of rotatable bonds is 11. The first-order chi connectivity index (χ1) is 18.8. The highest BCUT2D eigenvalue weighted by molar-refractivity contribution is 8.13. The lowest BCUT2D eigenvalue weighted by atomic mass is 10.2. The minimum absolute atomic E-state index is 0.00202. The number of hydrogen-bond acceptors (Lipinski definition) is 7. The number of carbonyl (C=O) groups excluding carboxylic acids is 2. The van der Waals surface area contributed by atoms with Crippen LogP contribution in [0.5, 0.6) is 0 Å². The van der Waals surface area contributed by atoms with Gasteiger partial charge in [-0.15, -0.1) is 0 Å². The van der Waals surface area contributed by atoms with Crippen LogP contribution in [-0.4, -0.2) is 29.4 Å². The summed E-state index contributed by atoms with van der Waals surface area (Å²) < 4.78 is 29.8. The van der Waals surface area contributed by atoms with Gasteiger partial charge in [0.05, 0.1) is 10.5 Å². The van der Waals surface area contributed by atoms with E-state index in [9.17, 15) is 18.0 Å². The molecule has 4 aromatic rings. The molecule has 0 atom stereocenters. The lowest BCUT2D eigenvalue weighted by molar-refractivity contribution is -0.697. The van der Waals surface area contributed by atoms with Crippen LogP contribution < -0.4 is 14.6 Å². The number of amides is 1. The van der Waals surface area contributed by atoms with Crippen LogP contribution >= 0.6 is 11.8 Å². The maximum atomic E-state index is 13.0. The summed E-state index contributed by atoms with van der Waals surface area (Å²) in [6.45, 7) is 2.57. The van der Waals surface area contributed by atoms with Crippen LogP contribution in [0.25, 0.3) is 0 Å². The Labute approximate surface area is 231 Å². The summed E-state index contributed by atoms with van der Waals surface area (Å²) in [6.07, 6.45) is 7.49. The van der Waals surface area contributed by atoms with Gasteiger partial charge in [0.1, 0.15) is 6.54 Å². The van der Waals surface area contributed by atoms with Crippen molar-refractivity contribution in [1.29, 1.82) is 0 Å². The average Bonchev–Trinajstić information content (AvgIpc) is 2.92. The van der Waals surface area contributed by atoms with Gasteiger partial charge in [-0.1, -0.05) is 30.0 Å². The monoisotopic (exact) mass is 562 g/mol. The molecule has 39 heavy (non-hydrogen) atoms. The summed E-state index contributed by atoms with van der Waals surface area (Å²) in [6, 6.07) is 20.2. The number of aromatic nitrogens is 3. The second kappa shape index (κ2) is 13.1. The molecule has 2 aromatic carbocycles. The molecule has 0 fully saturated rings. The topological polar surface area (TPSA) is 122 Å². The van der Waals surface area contributed by atoms with Gasteiger partial charge in [0, 0.05) is 47.4 Å². The van der Waals surface area contributed by atoms with E-state index in [-0.39, 0.29) is 16.0 Å². The Morgan fingerprint density at radius 1 is 0.923 bits per heavy atom. The summed E-state index contributed by atoms with van der Waals surface area (Å²) in [5, 5.41) is 2.77. The average molecular weight is 563 g/mol. The molecular formula is C28H28N5O4S2+. The molecule has 0 aliphatic heterocycles. The molecule has 9 nitrogen and oxygen atoms in total. The molecule has 0 saturated carbocycles. The van der Waals surface area contributed by atoms with Gasteiger partial charge in [-0.25, -0.2) is 27.7 Å². The summed E-state index contributed by atoms with van der Waals surface area (Å²) >= 11 is 1.06. The van der Waals surface area contributed by atoms with Crippen molar-refractivity contribution in [2.24, 2.45) is 0 Å². The highest BCUT2D eigenvalue weighted by atomic mass is 32.2. The van der Waals surface area contributed by atoms with E-state index in [0.717, 1.165) is 31.1 Å². The Balaban J connectivity index is 1.33. The smallest absolute Gasteiger partial charge is 0.264 e. The molecule has 0 radical (unpaired) electrons. The number of sulfonamides is 1. The predicted octanol–water partition coefficient (Wildman–Crippen LogP) is 4.61. The zero-order valence-electron chi connectivity index (χ0n) is 21.3. The number of pyridine rings is 1. The Morgan fingerprint density at radius 2 is 1.67 bits per heavy atom. The second-order valence-corrected chi connectivity index (χ2v) is 11.4. The number of anilines is 2. The van der Waals surface area contributed by atoms with Crippen LogP contribution in [0.1, 0.15) is 35.3 Å². The number of aryl methyl sites for hydroxylation is 2. The van der Waals surface area contributed by atoms with Gasteiger partial charge in [-0.05, 0) is 55.8 Å². The Kier molecular flexibility index (Phi) is 9.40. The van der Waals surface area contributed by atoms with E-state index in [1.54, 1.807) is 37.3 Å². The normalized spacial score (nSPS) is 11.1. The highest BCUT2D eigenvalue weighted by Gasteiger charge is 2.18. The van der Waals surface area contributed by atoms with Gasteiger partial charge in [0.15, 0.2) is 17.5 Å². The Hall–Kier alpha value is -4.09. The van der Waals surface area contributed by atoms with E-state index in [4.69, 9.17) is 0 Å². The van der Waals surface area contributed by atoms with E-state index in [1.807, 2.05) is 30.6 Å². The fourth-order valence-electron chi connectivity index (χ4n) is 3.66. The molecule has 0 spiro atoms. The summed E-state index contributed by atoms with van der Waals surface area (Å²) in [5.74, 6) is -0.417. The number of hydrogen-bond donors (Lipinski definition) is 2. The maximum absolute atomic E-state index is 13.0. The van der Waals surface area contributed by atoms with Crippen molar-refractivity contribution in [1.82, 2.24) is 9.97 Å². The van der Waals surface area contributed by atoms with Gasteiger partial charge >= 0.3 is 0 Å². The van der Waals surface area contributed by atoms with E-state index in [2.05, 4.69) is 24.6 Å². The van der Waals surface area contributed by atoms with Crippen LogP contribution in [0.4, 0.5) is 11.6 Å². The van der Waals surface area contributed by atoms with Crippen LogP contribution in [0, 0.1) is 6.92 Å². The molecule has 0 saturated heterocycles. The van der Waals surface area contributed by atoms with E-state index in [1.165, 1.54) is 30.5 Å². The van der Waals surface area contributed by atoms with Gasteiger partial charge in [-0.2, -0.15) is 0 Å². The molecule has 0 aliphatic rings. The van der Waals surface area contributed by atoms with Crippen molar-refractivity contribution in [2.75, 3.05) is 10.0 Å². The molecule has 2 heterocycles.